The average molecular weight is 364 g/mol. The van der Waals surface area contributed by atoms with Crippen molar-refractivity contribution in [3.63, 3.8) is 0 Å². The van der Waals surface area contributed by atoms with Gasteiger partial charge in [0.25, 0.3) is 0 Å². The Labute approximate surface area is 155 Å². The molecular weight excluding hydrogens is 347 g/mol. The van der Waals surface area contributed by atoms with Crippen LogP contribution in [0.4, 0.5) is 10.1 Å². The summed E-state index contributed by atoms with van der Waals surface area (Å²) < 4.78 is 18.9. The summed E-state index contributed by atoms with van der Waals surface area (Å²) in [5.74, 6) is -0.359. The summed E-state index contributed by atoms with van der Waals surface area (Å²) in [7, 11) is 0. The van der Waals surface area contributed by atoms with Gasteiger partial charge in [0, 0.05) is 24.2 Å². The van der Waals surface area contributed by atoms with Gasteiger partial charge in [0.1, 0.15) is 11.6 Å². The van der Waals surface area contributed by atoms with E-state index >= 15 is 0 Å². The van der Waals surface area contributed by atoms with E-state index in [0.717, 1.165) is 22.4 Å². The van der Waals surface area contributed by atoms with Crippen LogP contribution < -0.4 is 10.1 Å². The van der Waals surface area contributed by atoms with Gasteiger partial charge in [-0.15, -0.1) is 0 Å². The van der Waals surface area contributed by atoms with Crippen molar-refractivity contribution in [2.75, 3.05) is 18.5 Å². The Morgan fingerprint density at radius 3 is 2.74 bits per heavy atom. The minimum atomic E-state index is -0.994. The number of nitrogens with one attached hydrogen (secondary N) is 1. The lowest BCUT2D eigenvalue weighted by Crippen LogP contribution is -2.16. The van der Waals surface area contributed by atoms with Crippen molar-refractivity contribution in [2.45, 2.75) is 5.92 Å². The molecule has 1 atom stereocenters. The van der Waals surface area contributed by atoms with E-state index in [-0.39, 0.29) is 17.3 Å². The molecule has 5 nitrogen and oxygen atoms in total. The lowest BCUT2D eigenvalue weighted by atomic mass is 9.97. The Balaban J connectivity index is 1.51. The van der Waals surface area contributed by atoms with Gasteiger partial charge >= 0.3 is 5.97 Å². The van der Waals surface area contributed by atoms with Gasteiger partial charge in [-0.1, -0.05) is 24.3 Å². The Bertz CT molecular complexity index is 989. The first-order valence-electron chi connectivity index (χ1n) is 8.55. The molecule has 1 aromatic heterocycles. The fraction of sp³-hybridized carbons (Fsp3) is 0.143. The van der Waals surface area contributed by atoms with Gasteiger partial charge in [-0.05, 0) is 35.4 Å². The number of aromatic carboxylic acids is 1. The summed E-state index contributed by atoms with van der Waals surface area (Å²) in [4.78, 5) is 15.3. The summed E-state index contributed by atoms with van der Waals surface area (Å²) in [6.45, 7) is 1.05. The predicted octanol–water partition coefficient (Wildman–Crippen LogP) is 4.17. The van der Waals surface area contributed by atoms with Crippen LogP contribution >= 0.6 is 0 Å². The molecule has 0 saturated heterocycles. The molecule has 2 N–H and O–H groups in total. The Kier molecular flexibility index (Phi) is 4.46. The van der Waals surface area contributed by atoms with Crippen LogP contribution in [0.1, 0.15) is 21.8 Å². The molecule has 136 valence electrons. The van der Waals surface area contributed by atoms with E-state index in [1.54, 1.807) is 12.1 Å². The van der Waals surface area contributed by atoms with Gasteiger partial charge in [0.2, 0.25) is 0 Å². The van der Waals surface area contributed by atoms with Crippen LogP contribution in [0.25, 0.3) is 11.1 Å². The predicted molar refractivity (Wildman–Crippen MR) is 99.8 cm³/mol. The van der Waals surface area contributed by atoms with E-state index in [9.17, 15) is 14.3 Å². The molecule has 0 bridgehead atoms. The lowest BCUT2D eigenvalue weighted by molar-refractivity contribution is 0.0698. The zero-order valence-corrected chi connectivity index (χ0v) is 14.4. The van der Waals surface area contributed by atoms with Crippen LogP contribution in [0.5, 0.6) is 5.75 Å². The number of rotatable bonds is 5. The number of ether oxygens (including phenoxy) is 1. The number of pyridine rings is 1. The minimum absolute atomic E-state index is 0.101. The van der Waals surface area contributed by atoms with Crippen LogP contribution in [0.15, 0.2) is 60.9 Å². The van der Waals surface area contributed by atoms with Crippen molar-refractivity contribution in [1.82, 2.24) is 4.98 Å². The SMILES string of the molecule is O=C(O)c1ccncc1NC[C@H]1COc2cc(-c3ccc(F)cc3)ccc21. The zero-order chi connectivity index (χ0) is 18.8. The third kappa shape index (κ3) is 3.46. The van der Waals surface area contributed by atoms with Crippen LogP contribution in [-0.4, -0.2) is 29.2 Å². The quantitative estimate of drug-likeness (QED) is 0.711. The molecule has 0 radical (unpaired) electrons. The number of hydrogen-bond acceptors (Lipinski definition) is 4. The van der Waals surface area contributed by atoms with Crippen molar-refractivity contribution in [3.05, 3.63) is 77.9 Å². The number of fused-ring (bicyclic) bond motifs is 1. The molecule has 4 rings (SSSR count). The second-order valence-corrected chi connectivity index (χ2v) is 6.37. The molecule has 6 heteroatoms. The van der Waals surface area contributed by atoms with Gasteiger partial charge in [0.05, 0.1) is 24.1 Å². The fourth-order valence-corrected chi connectivity index (χ4v) is 3.22. The van der Waals surface area contributed by atoms with E-state index in [1.165, 1.54) is 30.6 Å². The highest BCUT2D eigenvalue weighted by Crippen LogP contribution is 2.37. The monoisotopic (exact) mass is 364 g/mol. The third-order valence-electron chi connectivity index (χ3n) is 4.66. The number of nitrogens with zero attached hydrogens (tertiary/aromatic N) is 1. The Morgan fingerprint density at radius 1 is 1.19 bits per heavy atom. The molecule has 0 fully saturated rings. The maximum Gasteiger partial charge on any atom is 0.337 e. The standard InChI is InChI=1S/C21H17FN2O3/c22-16-4-1-13(2-5-16)14-3-6-17-15(12-27-20(17)9-14)10-24-19-11-23-8-7-18(19)21(25)26/h1-9,11,15,24H,10,12H2,(H,25,26)/t15-/m0/s1. The second-order valence-electron chi connectivity index (χ2n) is 6.37. The maximum atomic E-state index is 13.1. The normalized spacial score (nSPS) is 15.1. The van der Waals surface area contributed by atoms with Crippen molar-refractivity contribution in [1.29, 1.82) is 0 Å². The number of carbonyl (C=O) groups is 1. The smallest absolute Gasteiger partial charge is 0.337 e. The van der Waals surface area contributed by atoms with Crippen molar-refractivity contribution in [3.8, 4) is 16.9 Å². The topological polar surface area (TPSA) is 71.5 Å². The number of aromatic nitrogens is 1. The van der Waals surface area contributed by atoms with Gasteiger partial charge in [-0.25, -0.2) is 9.18 Å². The van der Waals surface area contributed by atoms with Crippen molar-refractivity contribution < 1.29 is 19.0 Å². The minimum Gasteiger partial charge on any atom is -0.493 e. The lowest BCUT2D eigenvalue weighted by Gasteiger charge is -2.13. The molecule has 0 saturated carbocycles. The summed E-state index contributed by atoms with van der Waals surface area (Å²) in [6.07, 6.45) is 2.97. The summed E-state index contributed by atoms with van der Waals surface area (Å²) in [6, 6.07) is 13.8. The van der Waals surface area contributed by atoms with Crippen LogP contribution in [-0.2, 0) is 0 Å². The Morgan fingerprint density at radius 2 is 1.96 bits per heavy atom. The largest absolute Gasteiger partial charge is 0.493 e. The van der Waals surface area contributed by atoms with Crippen molar-refractivity contribution in [2.24, 2.45) is 0 Å². The number of carboxylic acid groups (broad SMARTS) is 1. The van der Waals surface area contributed by atoms with Crippen LogP contribution in [0, 0.1) is 5.82 Å². The maximum absolute atomic E-state index is 13.1. The second kappa shape index (κ2) is 7.07. The molecular formula is C21H17FN2O3. The summed E-state index contributed by atoms with van der Waals surface area (Å²) in [5, 5.41) is 12.4. The van der Waals surface area contributed by atoms with E-state index in [2.05, 4.69) is 10.3 Å². The summed E-state index contributed by atoms with van der Waals surface area (Å²) >= 11 is 0. The first kappa shape index (κ1) is 17.0. The molecule has 2 aromatic carbocycles. The number of carboxylic acids is 1. The highest BCUT2D eigenvalue weighted by Gasteiger charge is 2.25. The number of halogens is 1. The van der Waals surface area contributed by atoms with Gasteiger partial charge < -0.3 is 15.2 Å². The highest BCUT2D eigenvalue weighted by molar-refractivity contribution is 5.93. The number of hydrogen-bond donors (Lipinski definition) is 2. The van der Waals surface area contributed by atoms with Gasteiger partial charge in [-0.2, -0.15) is 0 Å². The Hall–Kier alpha value is -3.41. The van der Waals surface area contributed by atoms with Crippen LogP contribution in [0.2, 0.25) is 0 Å². The third-order valence-corrected chi connectivity index (χ3v) is 4.66. The first-order chi connectivity index (χ1) is 13.1. The molecule has 0 aliphatic carbocycles. The molecule has 0 unspecified atom stereocenters. The van der Waals surface area contributed by atoms with Gasteiger partial charge in [0.15, 0.2) is 0 Å². The molecule has 27 heavy (non-hydrogen) atoms. The zero-order valence-electron chi connectivity index (χ0n) is 14.4. The van der Waals surface area contributed by atoms with Gasteiger partial charge in [-0.3, -0.25) is 4.98 Å². The molecule has 0 spiro atoms. The first-order valence-corrected chi connectivity index (χ1v) is 8.55. The molecule has 0 amide bonds. The number of anilines is 1. The van der Waals surface area contributed by atoms with Crippen molar-refractivity contribution >= 4 is 11.7 Å². The van der Waals surface area contributed by atoms with E-state index in [0.29, 0.717) is 18.8 Å². The number of benzene rings is 2. The average Bonchev–Trinajstić information content (AvgIpc) is 3.09. The molecule has 3 aromatic rings. The van der Waals surface area contributed by atoms with E-state index < -0.39 is 5.97 Å². The van der Waals surface area contributed by atoms with Crippen LogP contribution in [0.3, 0.4) is 0 Å². The van der Waals surface area contributed by atoms with E-state index in [1.807, 2.05) is 18.2 Å². The summed E-state index contributed by atoms with van der Waals surface area (Å²) in [5.41, 5.74) is 3.62. The molecule has 2 heterocycles. The fourth-order valence-electron chi connectivity index (χ4n) is 3.22. The highest BCUT2D eigenvalue weighted by atomic mass is 19.1. The van der Waals surface area contributed by atoms with E-state index in [4.69, 9.17) is 4.74 Å². The molecule has 1 aliphatic rings. The molecule has 1 aliphatic heterocycles.